The van der Waals surface area contributed by atoms with Crippen LogP contribution in [0.15, 0.2) is 41.0 Å². The second-order valence-corrected chi connectivity index (χ2v) is 5.64. The van der Waals surface area contributed by atoms with Gasteiger partial charge in [0.15, 0.2) is 0 Å². The van der Waals surface area contributed by atoms with Crippen molar-refractivity contribution >= 4 is 27.5 Å². The lowest BCUT2D eigenvalue weighted by Gasteiger charge is -2.18. The molecule has 0 unspecified atom stereocenters. The minimum Gasteiger partial charge on any atom is -0.321 e. The molecular weight excluding hydrogens is 318 g/mol. The highest BCUT2D eigenvalue weighted by molar-refractivity contribution is 9.10. The lowest BCUT2D eigenvalue weighted by molar-refractivity contribution is 0.102. The van der Waals surface area contributed by atoms with E-state index in [1.54, 1.807) is 18.3 Å². The number of rotatable bonds is 2. The first-order valence-corrected chi connectivity index (χ1v) is 7.27. The number of nitrogens with zero attached hydrogens (tertiary/aromatic N) is 1. The minimum absolute atomic E-state index is 0.193. The molecule has 4 nitrogen and oxygen atoms in total. The van der Waals surface area contributed by atoms with Gasteiger partial charge in [-0.2, -0.15) is 0 Å². The normalized spacial score (nSPS) is 13.7. The maximum atomic E-state index is 12.1. The van der Waals surface area contributed by atoms with E-state index in [0.29, 0.717) is 5.69 Å². The molecule has 1 aromatic heterocycles. The molecule has 1 amide bonds. The number of pyridine rings is 1. The molecule has 3 rings (SSSR count). The molecular formula is C15H14BrN3O. The standard InChI is InChI=1S/C15H14BrN3O/c16-12-2-4-14(18-9-12)15(20)19-13-3-1-10-5-6-17-8-11(10)7-13/h1-4,7,9,17H,5-6,8H2,(H,19,20). The Balaban J connectivity index is 1.77. The summed E-state index contributed by atoms with van der Waals surface area (Å²) in [5.41, 5.74) is 3.81. The molecule has 2 heterocycles. The number of nitrogens with one attached hydrogen (secondary N) is 2. The highest BCUT2D eigenvalue weighted by Gasteiger charge is 2.11. The van der Waals surface area contributed by atoms with E-state index in [1.807, 2.05) is 12.1 Å². The van der Waals surface area contributed by atoms with Gasteiger partial charge in [-0.1, -0.05) is 6.07 Å². The molecule has 0 fully saturated rings. The fourth-order valence-corrected chi connectivity index (χ4v) is 2.50. The summed E-state index contributed by atoms with van der Waals surface area (Å²) in [5.74, 6) is -0.193. The van der Waals surface area contributed by atoms with Crippen LogP contribution >= 0.6 is 15.9 Å². The van der Waals surface area contributed by atoms with Crippen LogP contribution in [0.25, 0.3) is 0 Å². The Bertz CT molecular complexity index is 640. The summed E-state index contributed by atoms with van der Waals surface area (Å²) in [5, 5.41) is 6.21. The van der Waals surface area contributed by atoms with Crippen LogP contribution in [0.1, 0.15) is 21.6 Å². The monoisotopic (exact) mass is 331 g/mol. The second kappa shape index (κ2) is 5.73. The summed E-state index contributed by atoms with van der Waals surface area (Å²) >= 11 is 3.30. The number of benzene rings is 1. The zero-order chi connectivity index (χ0) is 13.9. The van der Waals surface area contributed by atoms with Crippen molar-refractivity contribution in [3.05, 3.63) is 57.8 Å². The number of hydrogen-bond donors (Lipinski definition) is 2. The van der Waals surface area contributed by atoms with Crippen molar-refractivity contribution in [2.75, 3.05) is 11.9 Å². The number of carbonyl (C=O) groups is 1. The fraction of sp³-hybridized carbons (Fsp3) is 0.200. The Hall–Kier alpha value is -1.72. The first-order chi connectivity index (χ1) is 9.72. The number of hydrogen-bond acceptors (Lipinski definition) is 3. The topological polar surface area (TPSA) is 54.0 Å². The van der Waals surface area contributed by atoms with Crippen LogP contribution in [0.2, 0.25) is 0 Å². The van der Waals surface area contributed by atoms with Crippen LogP contribution in [0.5, 0.6) is 0 Å². The third kappa shape index (κ3) is 2.89. The molecule has 20 heavy (non-hydrogen) atoms. The third-order valence-corrected chi connectivity index (χ3v) is 3.78. The molecule has 0 bridgehead atoms. The lowest BCUT2D eigenvalue weighted by Crippen LogP contribution is -2.23. The molecule has 2 N–H and O–H groups in total. The third-order valence-electron chi connectivity index (χ3n) is 3.31. The summed E-state index contributed by atoms with van der Waals surface area (Å²) in [6.45, 7) is 1.87. The highest BCUT2D eigenvalue weighted by Crippen LogP contribution is 2.19. The maximum absolute atomic E-state index is 12.1. The molecule has 0 saturated carbocycles. The van der Waals surface area contributed by atoms with Crippen LogP contribution in [0, 0.1) is 0 Å². The number of carbonyl (C=O) groups excluding carboxylic acids is 1. The van der Waals surface area contributed by atoms with Gasteiger partial charge in [0.2, 0.25) is 0 Å². The fourth-order valence-electron chi connectivity index (χ4n) is 2.26. The van der Waals surface area contributed by atoms with Crippen molar-refractivity contribution in [1.29, 1.82) is 0 Å². The smallest absolute Gasteiger partial charge is 0.274 e. The van der Waals surface area contributed by atoms with E-state index in [0.717, 1.165) is 29.7 Å². The number of amides is 1. The SMILES string of the molecule is O=C(Nc1ccc2c(c1)CNCC2)c1ccc(Br)cn1. The van der Waals surface area contributed by atoms with Crippen molar-refractivity contribution in [2.24, 2.45) is 0 Å². The van der Waals surface area contributed by atoms with Crippen LogP contribution in [0.3, 0.4) is 0 Å². The minimum atomic E-state index is -0.193. The van der Waals surface area contributed by atoms with Gasteiger partial charge in [-0.05, 0) is 64.3 Å². The van der Waals surface area contributed by atoms with Crippen molar-refractivity contribution in [1.82, 2.24) is 10.3 Å². The number of halogens is 1. The molecule has 1 aliphatic rings. The van der Waals surface area contributed by atoms with E-state index in [2.05, 4.69) is 37.6 Å². The highest BCUT2D eigenvalue weighted by atomic mass is 79.9. The first kappa shape index (κ1) is 13.3. The van der Waals surface area contributed by atoms with Crippen molar-refractivity contribution in [3.63, 3.8) is 0 Å². The van der Waals surface area contributed by atoms with E-state index >= 15 is 0 Å². The van der Waals surface area contributed by atoms with Gasteiger partial charge >= 0.3 is 0 Å². The quantitative estimate of drug-likeness (QED) is 0.889. The van der Waals surface area contributed by atoms with Gasteiger partial charge in [0, 0.05) is 22.9 Å². The lowest BCUT2D eigenvalue weighted by atomic mass is 10.0. The van der Waals surface area contributed by atoms with Crippen LogP contribution < -0.4 is 10.6 Å². The Labute approximate surface area is 125 Å². The Morgan fingerprint density at radius 3 is 2.95 bits per heavy atom. The van der Waals surface area contributed by atoms with Gasteiger partial charge in [-0.25, -0.2) is 4.98 Å². The molecule has 5 heteroatoms. The van der Waals surface area contributed by atoms with E-state index in [1.165, 1.54) is 11.1 Å². The molecule has 1 aliphatic heterocycles. The largest absolute Gasteiger partial charge is 0.321 e. The molecule has 2 aromatic rings. The second-order valence-electron chi connectivity index (χ2n) is 4.73. The predicted molar refractivity (Wildman–Crippen MR) is 81.7 cm³/mol. The van der Waals surface area contributed by atoms with E-state index in [4.69, 9.17) is 0 Å². The summed E-state index contributed by atoms with van der Waals surface area (Å²) in [7, 11) is 0. The summed E-state index contributed by atoms with van der Waals surface area (Å²) in [4.78, 5) is 16.2. The van der Waals surface area contributed by atoms with Crippen molar-refractivity contribution in [3.8, 4) is 0 Å². The number of anilines is 1. The van der Waals surface area contributed by atoms with Gasteiger partial charge < -0.3 is 10.6 Å². The molecule has 0 radical (unpaired) electrons. The van der Waals surface area contributed by atoms with E-state index in [9.17, 15) is 4.79 Å². The number of fused-ring (bicyclic) bond motifs is 1. The predicted octanol–water partition coefficient (Wildman–Crippen LogP) is 2.74. The first-order valence-electron chi connectivity index (χ1n) is 6.48. The Kier molecular flexibility index (Phi) is 3.80. The van der Waals surface area contributed by atoms with Crippen molar-refractivity contribution in [2.45, 2.75) is 13.0 Å². The molecule has 0 atom stereocenters. The van der Waals surface area contributed by atoms with Gasteiger partial charge in [-0.15, -0.1) is 0 Å². The Morgan fingerprint density at radius 2 is 2.15 bits per heavy atom. The Morgan fingerprint density at radius 1 is 1.25 bits per heavy atom. The van der Waals surface area contributed by atoms with E-state index in [-0.39, 0.29) is 5.91 Å². The van der Waals surface area contributed by atoms with Gasteiger partial charge in [0.05, 0.1) is 0 Å². The average Bonchev–Trinajstić information content (AvgIpc) is 2.48. The average molecular weight is 332 g/mol. The summed E-state index contributed by atoms with van der Waals surface area (Å²) in [6, 6.07) is 9.55. The van der Waals surface area contributed by atoms with E-state index < -0.39 is 0 Å². The van der Waals surface area contributed by atoms with Crippen LogP contribution in [-0.4, -0.2) is 17.4 Å². The molecule has 0 saturated heterocycles. The maximum Gasteiger partial charge on any atom is 0.274 e. The molecule has 102 valence electrons. The van der Waals surface area contributed by atoms with Crippen LogP contribution in [0.4, 0.5) is 5.69 Å². The number of aromatic nitrogens is 1. The van der Waals surface area contributed by atoms with Gasteiger partial charge in [-0.3, -0.25) is 4.79 Å². The van der Waals surface area contributed by atoms with Gasteiger partial charge in [0.1, 0.15) is 5.69 Å². The van der Waals surface area contributed by atoms with Crippen LogP contribution in [-0.2, 0) is 13.0 Å². The zero-order valence-corrected chi connectivity index (χ0v) is 12.4. The molecule has 1 aromatic carbocycles. The summed E-state index contributed by atoms with van der Waals surface area (Å²) < 4.78 is 0.855. The molecule has 0 spiro atoms. The van der Waals surface area contributed by atoms with Crippen molar-refractivity contribution < 1.29 is 4.79 Å². The van der Waals surface area contributed by atoms with Gasteiger partial charge in [0.25, 0.3) is 5.91 Å². The molecule has 0 aliphatic carbocycles. The summed E-state index contributed by atoms with van der Waals surface area (Å²) in [6.07, 6.45) is 2.66. The zero-order valence-electron chi connectivity index (χ0n) is 10.8.